The average Bonchev–Trinajstić information content (AvgIpc) is 2.99. The van der Waals surface area contributed by atoms with Crippen molar-refractivity contribution >= 4 is 29.3 Å². The van der Waals surface area contributed by atoms with E-state index in [0.29, 0.717) is 5.92 Å². The van der Waals surface area contributed by atoms with Crippen molar-refractivity contribution in [3.05, 3.63) is 0 Å². The summed E-state index contributed by atoms with van der Waals surface area (Å²) in [7, 11) is 1.94. The number of likely N-dealkylation sites (N-methyl/N-ethyl adjacent to an activating group) is 1. The predicted molar refractivity (Wildman–Crippen MR) is 107 cm³/mol. The molecule has 9 atom stereocenters. The van der Waals surface area contributed by atoms with E-state index in [1.807, 2.05) is 11.9 Å². The highest BCUT2D eigenvalue weighted by Gasteiger charge is 2.48. The first-order chi connectivity index (χ1) is 12.7. The Morgan fingerprint density at radius 3 is 2.56 bits per heavy atom. The van der Waals surface area contributed by atoms with Crippen molar-refractivity contribution < 1.29 is 24.9 Å². The quantitative estimate of drug-likeness (QED) is 0.438. The number of aliphatic hydroxyl groups excluding tert-OH is 3. The summed E-state index contributed by atoms with van der Waals surface area (Å²) >= 11 is 7.55. The Kier molecular flexibility index (Phi) is 8.67. The van der Waals surface area contributed by atoms with Gasteiger partial charge in [-0.2, -0.15) is 0 Å². The molecule has 0 radical (unpaired) electrons. The van der Waals surface area contributed by atoms with Crippen molar-refractivity contribution in [2.24, 2.45) is 5.92 Å². The number of hydrogen-bond donors (Lipinski definition) is 4. The van der Waals surface area contributed by atoms with Crippen LogP contribution in [0, 0.1) is 5.92 Å². The highest BCUT2D eigenvalue weighted by molar-refractivity contribution is 7.99. The van der Waals surface area contributed by atoms with Crippen LogP contribution in [0.1, 0.15) is 33.1 Å². The molecule has 0 spiro atoms. The summed E-state index contributed by atoms with van der Waals surface area (Å²) < 4.78 is 5.79. The van der Waals surface area contributed by atoms with E-state index < -0.39 is 41.3 Å². The van der Waals surface area contributed by atoms with Crippen LogP contribution >= 0.6 is 23.4 Å². The summed E-state index contributed by atoms with van der Waals surface area (Å²) in [6.07, 6.45) is -0.0980. The molecule has 27 heavy (non-hydrogen) atoms. The topological polar surface area (TPSA) is 102 Å². The second-order valence-electron chi connectivity index (χ2n) is 7.73. The lowest BCUT2D eigenvalue weighted by molar-refractivity contribution is -0.205. The summed E-state index contributed by atoms with van der Waals surface area (Å²) in [6.45, 7) is 4.74. The zero-order valence-corrected chi connectivity index (χ0v) is 18.0. The maximum absolute atomic E-state index is 12.9. The van der Waals surface area contributed by atoms with Gasteiger partial charge >= 0.3 is 0 Å². The molecule has 2 aliphatic rings. The summed E-state index contributed by atoms with van der Waals surface area (Å²) in [6, 6.07) is -0.934. The monoisotopic (exact) mass is 424 g/mol. The number of ether oxygens (including phenoxy) is 1. The molecule has 0 aromatic rings. The lowest BCUT2D eigenvalue weighted by Crippen LogP contribution is -2.65. The molecule has 0 bridgehead atoms. The largest absolute Gasteiger partial charge is 0.388 e. The highest BCUT2D eigenvalue weighted by atomic mass is 35.5. The Morgan fingerprint density at radius 2 is 2.00 bits per heavy atom. The SMILES string of the molecule is CCC[C@@H]1C[C@@H](C(=O)N[C@H](C(C)Cl)[C@H]2O[C@H](SC)[C@H](O)[C@@H](O)[C@H]2O)N(C)C1. The fourth-order valence-corrected chi connectivity index (χ4v) is 5.00. The molecule has 4 N–H and O–H groups in total. The van der Waals surface area contributed by atoms with Gasteiger partial charge in [0, 0.05) is 6.54 Å². The molecular weight excluding hydrogens is 392 g/mol. The molecule has 0 saturated carbocycles. The number of hydrogen-bond acceptors (Lipinski definition) is 7. The number of carbonyl (C=O) groups excluding carboxylic acids is 1. The number of nitrogens with zero attached hydrogens (tertiary/aromatic N) is 1. The van der Waals surface area contributed by atoms with Gasteiger partial charge in [0.2, 0.25) is 5.91 Å². The molecule has 2 heterocycles. The van der Waals surface area contributed by atoms with Crippen LogP contribution in [-0.4, -0.2) is 93.3 Å². The average molecular weight is 425 g/mol. The van der Waals surface area contributed by atoms with E-state index in [-0.39, 0.29) is 11.9 Å². The predicted octanol–water partition coefficient (Wildman–Crippen LogP) is 0.390. The molecule has 2 saturated heterocycles. The maximum atomic E-state index is 12.9. The minimum atomic E-state index is -1.36. The van der Waals surface area contributed by atoms with Crippen molar-refractivity contribution in [1.82, 2.24) is 10.2 Å². The first-order valence-electron chi connectivity index (χ1n) is 9.58. The lowest BCUT2D eigenvalue weighted by atomic mass is 9.92. The van der Waals surface area contributed by atoms with Gasteiger partial charge in [0.15, 0.2) is 0 Å². The molecule has 2 rings (SSSR count). The number of rotatable bonds is 7. The minimum Gasteiger partial charge on any atom is -0.388 e. The molecule has 7 nitrogen and oxygen atoms in total. The lowest BCUT2D eigenvalue weighted by Gasteiger charge is -2.44. The fourth-order valence-electron chi connectivity index (χ4n) is 4.11. The third kappa shape index (κ3) is 5.29. The van der Waals surface area contributed by atoms with Crippen molar-refractivity contribution in [2.45, 2.75) is 80.4 Å². The molecule has 0 aromatic carbocycles. The molecular formula is C18H33ClN2O5S. The molecule has 1 amide bonds. The van der Waals surface area contributed by atoms with Crippen LogP contribution in [0.3, 0.4) is 0 Å². The number of nitrogens with one attached hydrogen (secondary N) is 1. The summed E-state index contributed by atoms with van der Waals surface area (Å²) in [5.74, 6) is 0.350. The first kappa shape index (κ1) is 23.2. The van der Waals surface area contributed by atoms with Crippen LogP contribution in [0.15, 0.2) is 0 Å². The first-order valence-corrected chi connectivity index (χ1v) is 11.3. The number of thioether (sulfide) groups is 1. The molecule has 0 aromatic heterocycles. The molecule has 1 unspecified atom stereocenters. The Hall–Kier alpha value is -0.0900. The maximum Gasteiger partial charge on any atom is 0.237 e. The molecule has 2 fully saturated rings. The standard InChI is InChI=1S/C18H33ClN2O5S/c1-5-6-10-7-11(21(3)8-10)17(25)20-12(9(2)19)16-14(23)13(22)15(24)18(26-16)27-4/h9-16,18,22-24H,5-8H2,1-4H3,(H,20,25)/t9?,10-,11+,12-,13+,14-,15-,16-,18-/m1/s1. The van der Waals surface area contributed by atoms with Gasteiger partial charge in [-0.05, 0) is 39.0 Å². The van der Waals surface area contributed by atoms with Gasteiger partial charge in [0.25, 0.3) is 0 Å². The number of amides is 1. The molecule has 0 aliphatic carbocycles. The summed E-state index contributed by atoms with van der Waals surface area (Å²) in [5, 5.41) is 33.0. The van der Waals surface area contributed by atoms with Gasteiger partial charge in [0.05, 0.1) is 17.5 Å². The van der Waals surface area contributed by atoms with Crippen LogP contribution in [0.5, 0.6) is 0 Å². The van der Waals surface area contributed by atoms with Crippen LogP contribution in [0.4, 0.5) is 0 Å². The van der Waals surface area contributed by atoms with E-state index >= 15 is 0 Å². The van der Waals surface area contributed by atoms with Crippen LogP contribution in [0.2, 0.25) is 0 Å². The zero-order chi connectivity index (χ0) is 20.3. The highest BCUT2D eigenvalue weighted by Crippen LogP contribution is 2.31. The van der Waals surface area contributed by atoms with Crippen LogP contribution in [-0.2, 0) is 9.53 Å². The Balaban J connectivity index is 2.09. The Labute approximate surface area is 170 Å². The fraction of sp³-hybridized carbons (Fsp3) is 0.944. The number of alkyl halides is 1. The number of aliphatic hydroxyl groups is 3. The van der Waals surface area contributed by atoms with Gasteiger partial charge in [-0.15, -0.1) is 23.4 Å². The third-order valence-electron chi connectivity index (χ3n) is 5.63. The van der Waals surface area contributed by atoms with Crippen LogP contribution in [0.25, 0.3) is 0 Å². The van der Waals surface area contributed by atoms with Gasteiger partial charge in [-0.25, -0.2) is 0 Å². The molecule has 158 valence electrons. The van der Waals surface area contributed by atoms with Crippen molar-refractivity contribution in [3.8, 4) is 0 Å². The van der Waals surface area contributed by atoms with Gasteiger partial charge in [-0.3, -0.25) is 9.69 Å². The van der Waals surface area contributed by atoms with E-state index in [1.165, 1.54) is 11.8 Å². The van der Waals surface area contributed by atoms with Gasteiger partial charge < -0.3 is 25.4 Å². The normalized spacial score (nSPS) is 39.9. The van der Waals surface area contributed by atoms with Crippen LogP contribution < -0.4 is 5.32 Å². The van der Waals surface area contributed by atoms with E-state index in [1.54, 1.807) is 13.2 Å². The second kappa shape index (κ2) is 10.1. The minimum absolute atomic E-state index is 0.147. The van der Waals surface area contributed by atoms with E-state index in [9.17, 15) is 20.1 Å². The Morgan fingerprint density at radius 1 is 1.33 bits per heavy atom. The number of carbonyl (C=O) groups is 1. The molecule has 2 aliphatic heterocycles. The van der Waals surface area contributed by atoms with E-state index in [0.717, 1.165) is 25.8 Å². The van der Waals surface area contributed by atoms with Gasteiger partial charge in [0.1, 0.15) is 29.9 Å². The number of halogens is 1. The zero-order valence-electron chi connectivity index (χ0n) is 16.4. The number of likely N-dealkylation sites (tertiary alicyclic amines) is 1. The second-order valence-corrected chi connectivity index (χ2v) is 9.36. The van der Waals surface area contributed by atoms with Crippen molar-refractivity contribution in [2.75, 3.05) is 19.8 Å². The van der Waals surface area contributed by atoms with Crippen molar-refractivity contribution in [1.29, 1.82) is 0 Å². The summed E-state index contributed by atoms with van der Waals surface area (Å²) in [5.41, 5.74) is -0.702. The Bertz CT molecular complexity index is 498. The van der Waals surface area contributed by atoms with E-state index in [4.69, 9.17) is 16.3 Å². The smallest absolute Gasteiger partial charge is 0.237 e. The van der Waals surface area contributed by atoms with Crippen molar-refractivity contribution in [3.63, 3.8) is 0 Å². The molecule has 9 heteroatoms. The van der Waals surface area contributed by atoms with Gasteiger partial charge in [-0.1, -0.05) is 13.3 Å². The third-order valence-corrected chi connectivity index (χ3v) is 6.76. The van der Waals surface area contributed by atoms with E-state index in [2.05, 4.69) is 12.2 Å². The summed E-state index contributed by atoms with van der Waals surface area (Å²) in [4.78, 5) is 14.9.